The maximum atomic E-state index is 5.04. The fourth-order valence-corrected chi connectivity index (χ4v) is 2.41. The molecule has 0 aliphatic rings. The van der Waals surface area contributed by atoms with E-state index in [-0.39, 0.29) is 5.41 Å². The minimum atomic E-state index is 0.0255. The Morgan fingerprint density at radius 2 is 1.79 bits per heavy atom. The second-order valence-corrected chi connectivity index (χ2v) is 6.63. The van der Waals surface area contributed by atoms with Gasteiger partial charge in [-0.05, 0) is 30.0 Å². The summed E-state index contributed by atoms with van der Waals surface area (Å²) in [5, 5.41) is 10.3. The highest BCUT2D eigenvalue weighted by molar-refractivity contribution is 5.62. The Hall–Kier alpha value is -2.89. The first-order valence-corrected chi connectivity index (χ1v) is 7.82. The predicted molar refractivity (Wildman–Crippen MR) is 95.0 cm³/mol. The molecule has 3 aromatic rings. The van der Waals surface area contributed by atoms with Crippen molar-refractivity contribution in [3.63, 3.8) is 0 Å². The molecule has 0 unspecified atom stereocenters. The highest BCUT2D eigenvalue weighted by atomic mass is 16.5. The lowest BCUT2D eigenvalue weighted by atomic mass is 9.86. The molecule has 3 rings (SSSR count). The highest BCUT2D eigenvalue weighted by Gasteiger charge is 2.17. The Morgan fingerprint density at radius 3 is 2.50 bits per heavy atom. The van der Waals surface area contributed by atoms with Crippen LogP contribution in [0.1, 0.15) is 32.1 Å². The standard InChI is InChI=1S/C18H21N5O/c1-12-11-16(23-24-12)21-15-9-10-19-17(22-15)20-14-8-6-5-7-13(14)18(2,3)4/h5-11H,1-4H3,(H2,19,20,21,22,23). The van der Waals surface area contributed by atoms with Crippen molar-refractivity contribution < 1.29 is 4.52 Å². The predicted octanol–water partition coefficient (Wildman–Crippen LogP) is 4.56. The van der Waals surface area contributed by atoms with Gasteiger partial charge < -0.3 is 15.2 Å². The van der Waals surface area contributed by atoms with Gasteiger partial charge in [0.25, 0.3) is 0 Å². The summed E-state index contributed by atoms with van der Waals surface area (Å²) in [5.41, 5.74) is 2.23. The molecule has 0 aliphatic carbocycles. The van der Waals surface area contributed by atoms with Crippen molar-refractivity contribution in [1.29, 1.82) is 0 Å². The van der Waals surface area contributed by atoms with Crippen molar-refractivity contribution >= 4 is 23.3 Å². The van der Waals surface area contributed by atoms with Crippen molar-refractivity contribution in [3.05, 3.63) is 53.9 Å². The molecule has 0 saturated carbocycles. The number of rotatable bonds is 4. The largest absolute Gasteiger partial charge is 0.360 e. The maximum absolute atomic E-state index is 5.04. The summed E-state index contributed by atoms with van der Waals surface area (Å²) in [6.45, 7) is 8.38. The number of benzene rings is 1. The first-order chi connectivity index (χ1) is 11.4. The molecule has 2 N–H and O–H groups in total. The lowest BCUT2D eigenvalue weighted by molar-refractivity contribution is 0.400. The minimum Gasteiger partial charge on any atom is -0.360 e. The molecule has 2 aromatic heterocycles. The van der Waals surface area contributed by atoms with Gasteiger partial charge in [-0.3, -0.25) is 0 Å². The molecule has 24 heavy (non-hydrogen) atoms. The van der Waals surface area contributed by atoms with E-state index in [9.17, 15) is 0 Å². The van der Waals surface area contributed by atoms with Crippen LogP contribution in [-0.2, 0) is 5.41 Å². The lowest BCUT2D eigenvalue weighted by Crippen LogP contribution is -2.14. The topological polar surface area (TPSA) is 75.9 Å². The molecule has 6 heteroatoms. The van der Waals surface area contributed by atoms with E-state index in [1.807, 2.05) is 31.2 Å². The molecule has 0 atom stereocenters. The third kappa shape index (κ3) is 3.71. The van der Waals surface area contributed by atoms with Crippen LogP contribution in [0.3, 0.4) is 0 Å². The first kappa shape index (κ1) is 16.0. The van der Waals surface area contributed by atoms with Crippen LogP contribution in [0.2, 0.25) is 0 Å². The van der Waals surface area contributed by atoms with E-state index in [4.69, 9.17) is 4.52 Å². The normalized spacial score (nSPS) is 11.3. The second kappa shape index (κ2) is 6.31. The molecule has 1 aromatic carbocycles. The fourth-order valence-electron chi connectivity index (χ4n) is 2.41. The van der Waals surface area contributed by atoms with Gasteiger partial charge in [0, 0.05) is 18.0 Å². The average molecular weight is 323 g/mol. The van der Waals surface area contributed by atoms with Gasteiger partial charge in [-0.25, -0.2) is 4.98 Å². The molecule has 0 radical (unpaired) electrons. The molecule has 0 amide bonds. The van der Waals surface area contributed by atoms with Gasteiger partial charge in [0.1, 0.15) is 11.6 Å². The van der Waals surface area contributed by atoms with Crippen LogP contribution in [0.5, 0.6) is 0 Å². The number of hydrogen-bond acceptors (Lipinski definition) is 6. The average Bonchev–Trinajstić information content (AvgIpc) is 2.92. The maximum Gasteiger partial charge on any atom is 0.229 e. The van der Waals surface area contributed by atoms with Gasteiger partial charge in [0.05, 0.1) is 0 Å². The quantitative estimate of drug-likeness (QED) is 0.733. The molecular formula is C18H21N5O. The molecular weight excluding hydrogens is 302 g/mol. The van der Waals surface area contributed by atoms with E-state index in [0.29, 0.717) is 17.6 Å². The zero-order valence-corrected chi connectivity index (χ0v) is 14.3. The Kier molecular flexibility index (Phi) is 4.20. The minimum absolute atomic E-state index is 0.0255. The van der Waals surface area contributed by atoms with Crippen LogP contribution < -0.4 is 10.6 Å². The molecule has 6 nitrogen and oxygen atoms in total. The lowest BCUT2D eigenvalue weighted by Gasteiger charge is -2.23. The van der Waals surface area contributed by atoms with Crippen LogP contribution >= 0.6 is 0 Å². The van der Waals surface area contributed by atoms with Crippen molar-refractivity contribution in [3.8, 4) is 0 Å². The van der Waals surface area contributed by atoms with Gasteiger partial charge >= 0.3 is 0 Å². The van der Waals surface area contributed by atoms with Crippen LogP contribution in [0.15, 0.2) is 47.1 Å². The van der Waals surface area contributed by atoms with E-state index < -0.39 is 0 Å². The van der Waals surface area contributed by atoms with Gasteiger partial charge in [-0.2, -0.15) is 4.98 Å². The molecule has 0 bridgehead atoms. The van der Waals surface area contributed by atoms with Crippen LogP contribution in [-0.4, -0.2) is 15.1 Å². The number of nitrogens with zero attached hydrogens (tertiary/aromatic N) is 3. The Balaban J connectivity index is 1.83. The Bertz CT molecular complexity index is 835. The summed E-state index contributed by atoms with van der Waals surface area (Å²) in [7, 11) is 0. The third-order valence-corrected chi connectivity index (χ3v) is 3.52. The zero-order valence-electron chi connectivity index (χ0n) is 14.3. The fraction of sp³-hybridized carbons (Fsp3) is 0.278. The van der Waals surface area contributed by atoms with Crippen LogP contribution in [0, 0.1) is 6.92 Å². The van der Waals surface area contributed by atoms with Crippen LogP contribution in [0.4, 0.5) is 23.3 Å². The number of nitrogens with one attached hydrogen (secondary N) is 2. The summed E-state index contributed by atoms with van der Waals surface area (Å²) < 4.78 is 5.04. The van der Waals surface area contributed by atoms with E-state index in [1.165, 1.54) is 5.56 Å². The SMILES string of the molecule is Cc1cc(Nc2ccnc(Nc3ccccc3C(C)(C)C)n2)no1. The number of aromatic nitrogens is 3. The van der Waals surface area contributed by atoms with Crippen molar-refractivity contribution in [1.82, 2.24) is 15.1 Å². The van der Waals surface area contributed by atoms with Gasteiger partial charge in [-0.15, -0.1) is 0 Å². The summed E-state index contributed by atoms with van der Waals surface area (Å²) in [4.78, 5) is 8.78. The van der Waals surface area contributed by atoms with Crippen molar-refractivity contribution in [2.24, 2.45) is 0 Å². The first-order valence-electron chi connectivity index (χ1n) is 7.82. The third-order valence-electron chi connectivity index (χ3n) is 3.52. The summed E-state index contributed by atoms with van der Waals surface area (Å²) in [6, 6.07) is 11.8. The van der Waals surface area contributed by atoms with Gasteiger partial charge in [0.15, 0.2) is 5.82 Å². The molecule has 2 heterocycles. The smallest absolute Gasteiger partial charge is 0.229 e. The van der Waals surface area contributed by atoms with Crippen molar-refractivity contribution in [2.45, 2.75) is 33.1 Å². The number of para-hydroxylation sites is 1. The monoisotopic (exact) mass is 323 g/mol. The Labute approximate surface area is 141 Å². The molecule has 0 spiro atoms. The molecule has 0 fully saturated rings. The van der Waals surface area contributed by atoms with Crippen LogP contribution in [0.25, 0.3) is 0 Å². The zero-order chi connectivity index (χ0) is 17.2. The van der Waals surface area contributed by atoms with E-state index in [0.717, 1.165) is 11.4 Å². The summed E-state index contributed by atoms with van der Waals surface area (Å²) in [5.74, 6) is 2.53. The summed E-state index contributed by atoms with van der Waals surface area (Å²) in [6.07, 6.45) is 1.70. The van der Waals surface area contributed by atoms with E-state index in [1.54, 1.807) is 12.3 Å². The van der Waals surface area contributed by atoms with E-state index in [2.05, 4.69) is 52.6 Å². The van der Waals surface area contributed by atoms with Gasteiger partial charge in [0.2, 0.25) is 5.95 Å². The number of hydrogen-bond donors (Lipinski definition) is 2. The highest BCUT2D eigenvalue weighted by Crippen LogP contribution is 2.30. The molecule has 124 valence electrons. The number of aryl methyl sites for hydroxylation is 1. The molecule has 0 saturated heterocycles. The second-order valence-electron chi connectivity index (χ2n) is 6.63. The van der Waals surface area contributed by atoms with E-state index >= 15 is 0 Å². The Morgan fingerprint density at radius 1 is 1.00 bits per heavy atom. The number of anilines is 4. The van der Waals surface area contributed by atoms with Crippen molar-refractivity contribution in [2.75, 3.05) is 10.6 Å². The molecule has 0 aliphatic heterocycles. The van der Waals surface area contributed by atoms with Gasteiger partial charge in [-0.1, -0.05) is 44.1 Å². The summed E-state index contributed by atoms with van der Waals surface area (Å²) >= 11 is 0.